The Morgan fingerprint density at radius 1 is 1.38 bits per heavy atom. The summed E-state index contributed by atoms with van der Waals surface area (Å²) in [6.45, 7) is 3.67. The summed E-state index contributed by atoms with van der Waals surface area (Å²) in [6.07, 6.45) is 1.43. The van der Waals surface area contributed by atoms with Crippen LogP contribution in [0.25, 0.3) is 0 Å². The van der Waals surface area contributed by atoms with E-state index in [4.69, 9.17) is 11.6 Å². The number of rotatable bonds is 3. The Bertz CT molecular complexity index is 318. The van der Waals surface area contributed by atoms with E-state index in [2.05, 4.69) is 6.92 Å². The van der Waals surface area contributed by atoms with Gasteiger partial charge in [-0.3, -0.25) is 4.79 Å². The summed E-state index contributed by atoms with van der Waals surface area (Å²) >= 11 is 5.85. The molecule has 0 fully saturated rings. The number of benzene rings is 1. The van der Waals surface area contributed by atoms with Crippen LogP contribution in [-0.4, -0.2) is 5.78 Å². The third-order valence-electron chi connectivity index (χ3n) is 1.99. The summed E-state index contributed by atoms with van der Waals surface area (Å²) in [5.41, 5.74) is 2.27. The predicted molar refractivity (Wildman–Crippen MR) is 55.2 cm³/mol. The van der Waals surface area contributed by atoms with Crippen molar-refractivity contribution < 1.29 is 4.79 Å². The monoisotopic (exact) mass is 196 g/mol. The highest BCUT2D eigenvalue weighted by molar-refractivity contribution is 6.30. The van der Waals surface area contributed by atoms with E-state index >= 15 is 0 Å². The summed E-state index contributed by atoms with van der Waals surface area (Å²) in [5.74, 6) is 0.178. The Morgan fingerprint density at radius 2 is 2.08 bits per heavy atom. The van der Waals surface area contributed by atoms with Crippen molar-refractivity contribution in [1.29, 1.82) is 0 Å². The Labute approximate surface area is 83.7 Å². The summed E-state index contributed by atoms with van der Waals surface area (Å²) < 4.78 is 0. The van der Waals surface area contributed by atoms with Crippen LogP contribution in [0.2, 0.25) is 5.02 Å². The van der Waals surface area contributed by atoms with Crippen LogP contribution in [0.1, 0.15) is 25.0 Å². The molecule has 0 N–H and O–H groups in total. The molecule has 1 nitrogen and oxygen atoms in total. The fourth-order valence-corrected chi connectivity index (χ4v) is 1.57. The summed E-state index contributed by atoms with van der Waals surface area (Å²) in [6, 6.07) is 5.73. The molecule has 1 aromatic rings. The lowest BCUT2D eigenvalue weighted by Crippen LogP contribution is -2.00. The molecule has 0 saturated carbocycles. The molecule has 0 aliphatic rings. The first-order valence-corrected chi connectivity index (χ1v) is 4.78. The van der Waals surface area contributed by atoms with Crippen molar-refractivity contribution in [2.75, 3.05) is 0 Å². The van der Waals surface area contributed by atoms with Gasteiger partial charge in [-0.05, 0) is 36.6 Å². The van der Waals surface area contributed by atoms with E-state index in [1.165, 1.54) is 5.56 Å². The average molecular weight is 197 g/mol. The molecular formula is C11H13ClO. The second-order valence-electron chi connectivity index (χ2n) is 3.15. The van der Waals surface area contributed by atoms with Crippen molar-refractivity contribution in [1.82, 2.24) is 0 Å². The second-order valence-corrected chi connectivity index (χ2v) is 3.58. The maximum Gasteiger partial charge on any atom is 0.134 e. The number of carbonyl (C=O) groups is 1. The van der Waals surface area contributed by atoms with Crippen LogP contribution in [-0.2, 0) is 17.6 Å². The number of carbonyl (C=O) groups excluding carboxylic acids is 1. The van der Waals surface area contributed by atoms with Crippen molar-refractivity contribution in [3.63, 3.8) is 0 Å². The van der Waals surface area contributed by atoms with Crippen molar-refractivity contribution in [3.05, 3.63) is 34.3 Å². The highest BCUT2D eigenvalue weighted by Gasteiger charge is 2.03. The Hall–Kier alpha value is -0.820. The van der Waals surface area contributed by atoms with Crippen LogP contribution in [0.3, 0.4) is 0 Å². The molecule has 0 aromatic heterocycles. The minimum atomic E-state index is 0.178. The largest absolute Gasteiger partial charge is 0.300 e. The number of hydrogen-bond acceptors (Lipinski definition) is 1. The number of Topliss-reactive ketones (excluding diaryl/α,β-unsaturated/α-hetero) is 1. The molecule has 0 heterocycles. The number of halogens is 1. The molecule has 1 aromatic carbocycles. The van der Waals surface area contributed by atoms with Gasteiger partial charge >= 0.3 is 0 Å². The van der Waals surface area contributed by atoms with Crippen LogP contribution in [0.5, 0.6) is 0 Å². The molecule has 0 amide bonds. The number of aryl methyl sites for hydroxylation is 1. The predicted octanol–water partition coefficient (Wildman–Crippen LogP) is 3.03. The zero-order chi connectivity index (χ0) is 9.84. The van der Waals surface area contributed by atoms with E-state index in [0.717, 1.165) is 12.0 Å². The van der Waals surface area contributed by atoms with Gasteiger partial charge in [-0.2, -0.15) is 0 Å². The molecule has 0 aliphatic heterocycles. The van der Waals surface area contributed by atoms with Crippen LogP contribution >= 0.6 is 11.6 Å². The van der Waals surface area contributed by atoms with E-state index in [-0.39, 0.29) is 5.78 Å². The van der Waals surface area contributed by atoms with E-state index in [9.17, 15) is 4.79 Å². The van der Waals surface area contributed by atoms with Gasteiger partial charge in [-0.1, -0.05) is 24.6 Å². The summed E-state index contributed by atoms with van der Waals surface area (Å²) in [4.78, 5) is 10.9. The van der Waals surface area contributed by atoms with Gasteiger partial charge < -0.3 is 0 Å². The SMILES string of the molecule is CCc1ccc(Cl)cc1CC(C)=O. The fourth-order valence-electron chi connectivity index (χ4n) is 1.37. The first-order valence-electron chi connectivity index (χ1n) is 4.40. The fraction of sp³-hybridized carbons (Fsp3) is 0.364. The molecule has 0 spiro atoms. The van der Waals surface area contributed by atoms with Crippen molar-refractivity contribution in [3.8, 4) is 0 Å². The molecule has 0 aliphatic carbocycles. The van der Waals surface area contributed by atoms with E-state index in [0.29, 0.717) is 11.4 Å². The quantitative estimate of drug-likeness (QED) is 0.727. The van der Waals surface area contributed by atoms with Gasteiger partial charge in [0.05, 0.1) is 0 Å². The lowest BCUT2D eigenvalue weighted by molar-refractivity contribution is -0.116. The zero-order valence-corrected chi connectivity index (χ0v) is 8.69. The topological polar surface area (TPSA) is 17.1 Å². The van der Waals surface area contributed by atoms with Gasteiger partial charge in [0.1, 0.15) is 5.78 Å². The Balaban J connectivity index is 3.01. The normalized spacial score (nSPS) is 10.1. The van der Waals surface area contributed by atoms with Gasteiger partial charge in [0.15, 0.2) is 0 Å². The van der Waals surface area contributed by atoms with Crippen molar-refractivity contribution in [2.24, 2.45) is 0 Å². The second kappa shape index (κ2) is 4.43. The highest BCUT2D eigenvalue weighted by atomic mass is 35.5. The summed E-state index contributed by atoms with van der Waals surface area (Å²) in [7, 11) is 0. The first-order chi connectivity index (χ1) is 6.13. The molecule has 0 radical (unpaired) electrons. The molecule has 70 valence electrons. The lowest BCUT2D eigenvalue weighted by atomic mass is 10.0. The summed E-state index contributed by atoms with van der Waals surface area (Å²) in [5, 5.41) is 0.702. The Kier molecular flexibility index (Phi) is 3.49. The number of hydrogen-bond donors (Lipinski definition) is 0. The van der Waals surface area contributed by atoms with Gasteiger partial charge in [0, 0.05) is 11.4 Å². The highest BCUT2D eigenvalue weighted by Crippen LogP contribution is 2.17. The van der Waals surface area contributed by atoms with Crippen LogP contribution in [0.15, 0.2) is 18.2 Å². The van der Waals surface area contributed by atoms with Crippen LogP contribution in [0, 0.1) is 0 Å². The van der Waals surface area contributed by atoms with Gasteiger partial charge in [-0.25, -0.2) is 0 Å². The zero-order valence-electron chi connectivity index (χ0n) is 7.93. The third kappa shape index (κ3) is 2.85. The van der Waals surface area contributed by atoms with Crippen LogP contribution in [0.4, 0.5) is 0 Å². The van der Waals surface area contributed by atoms with Crippen molar-refractivity contribution in [2.45, 2.75) is 26.7 Å². The van der Waals surface area contributed by atoms with Gasteiger partial charge in [0.25, 0.3) is 0 Å². The molecule has 13 heavy (non-hydrogen) atoms. The minimum absolute atomic E-state index is 0.178. The van der Waals surface area contributed by atoms with Crippen LogP contribution < -0.4 is 0 Å². The minimum Gasteiger partial charge on any atom is -0.300 e. The average Bonchev–Trinajstić information content (AvgIpc) is 2.03. The van der Waals surface area contributed by atoms with E-state index in [1.807, 2.05) is 18.2 Å². The molecule has 0 unspecified atom stereocenters. The first kappa shape index (κ1) is 10.3. The Morgan fingerprint density at radius 3 is 2.62 bits per heavy atom. The molecule has 0 bridgehead atoms. The van der Waals surface area contributed by atoms with E-state index in [1.54, 1.807) is 6.92 Å². The smallest absolute Gasteiger partial charge is 0.134 e. The maximum atomic E-state index is 10.9. The lowest BCUT2D eigenvalue weighted by Gasteiger charge is -2.05. The number of ketones is 1. The van der Waals surface area contributed by atoms with E-state index < -0.39 is 0 Å². The molecule has 0 saturated heterocycles. The third-order valence-corrected chi connectivity index (χ3v) is 2.22. The molecule has 2 heteroatoms. The standard InChI is InChI=1S/C11H13ClO/c1-3-9-4-5-11(12)7-10(9)6-8(2)13/h4-5,7H,3,6H2,1-2H3. The molecular weight excluding hydrogens is 184 g/mol. The molecule has 0 atom stereocenters. The van der Waals surface area contributed by atoms with Crippen molar-refractivity contribution >= 4 is 17.4 Å². The maximum absolute atomic E-state index is 10.9. The van der Waals surface area contributed by atoms with Gasteiger partial charge in [-0.15, -0.1) is 0 Å². The molecule has 1 rings (SSSR count). The van der Waals surface area contributed by atoms with Gasteiger partial charge in [0.2, 0.25) is 0 Å².